The molecule has 2 fully saturated rings. The van der Waals surface area contributed by atoms with Crippen LogP contribution in [0.4, 0.5) is 5.13 Å². The first-order chi connectivity index (χ1) is 13.7. The van der Waals surface area contributed by atoms with Crippen molar-refractivity contribution in [3.63, 3.8) is 0 Å². The summed E-state index contributed by atoms with van der Waals surface area (Å²) in [6.45, 7) is 6.42. The molecule has 6 nitrogen and oxygen atoms in total. The van der Waals surface area contributed by atoms with Gasteiger partial charge in [0, 0.05) is 22.6 Å². The summed E-state index contributed by atoms with van der Waals surface area (Å²) in [5.41, 5.74) is 0.992. The van der Waals surface area contributed by atoms with Gasteiger partial charge in [-0.2, -0.15) is 0 Å². The minimum Gasteiger partial charge on any atom is -0.461 e. The van der Waals surface area contributed by atoms with E-state index in [0.717, 1.165) is 29.8 Å². The van der Waals surface area contributed by atoms with E-state index in [0.29, 0.717) is 5.13 Å². The van der Waals surface area contributed by atoms with Crippen LogP contribution in [0.15, 0.2) is 21.7 Å². The van der Waals surface area contributed by atoms with Crippen molar-refractivity contribution < 1.29 is 17.9 Å². The molecule has 1 aliphatic heterocycles. The van der Waals surface area contributed by atoms with Crippen molar-refractivity contribution in [2.24, 2.45) is 23.2 Å². The maximum atomic E-state index is 12.6. The number of hydrogen-bond donors (Lipinski definition) is 1. The first kappa shape index (κ1) is 19.5. The molecule has 2 aliphatic carbocycles. The van der Waals surface area contributed by atoms with Crippen LogP contribution in [-0.2, 0) is 26.0 Å². The number of carbonyl (C=O) groups is 1. The van der Waals surface area contributed by atoms with Crippen LogP contribution < -0.4 is 4.72 Å². The number of nitrogens with zero attached hydrogens (tertiary/aromatic N) is 1. The fourth-order valence-electron chi connectivity index (χ4n) is 5.70. The fourth-order valence-corrected chi connectivity index (χ4v) is 9.20. The second-order valence-corrected chi connectivity index (χ2v) is 12.8. The van der Waals surface area contributed by atoms with Crippen LogP contribution >= 0.6 is 22.7 Å². The Balaban J connectivity index is 1.48. The highest BCUT2D eigenvalue weighted by molar-refractivity contribution is 7.94. The normalized spacial score (nSPS) is 36.1. The number of rotatable bonds is 3. The lowest BCUT2D eigenvalue weighted by Crippen LogP contribution is -2.50. The first-order valence-corrected chi connectivity index (χ1v) is 13.1. The monoisotopic (exact) mass is 452 g/mol. The van der Waals surface area contributed by atoms with E-state index in [4.69, 9.17) is 9.72 Å². The van der Waals surface area contributed by atoms with Crippen molar-refractivity contribution in [3.8, 4) is 0 Å². The summed E-state index contributed by atoms with van der Waals surface area (Å²) in [4.78, 5) is 18.1. The lowest BCUT2D eigenvalue weighted by atomic mass is 9.54. The van der Waals surface area contributed by atoms with Gasteiger partial charge >= 0.3 is 5.97 Å². The van der Waals surface area contributed by atoms with E-state index in [9.17, 15) is 13.2 Å². The number of fused-ring (bicyclic) bond motifs is 4. The molecule has 1 N–H and O–H groups in total. The largest absolute Gasteiger partial charge is 0.461 e. The molecule has 156 valence electrons. The number of anilines is 1. The summed E-state index contributed by atoms with van der Waals surface area (Å²) >= 11 is 2.63. The van der Waals surface area contributed by atoms with Crippen molar-refractivity contribution >= 4 is 43.8 Å². The molecule has 0 spiro atoms. The molecule has 0 unspecified atom stereocenters. The van der Waals surface area contributed by atoms with Gasteiger partial charge in [-0.25, -0.2) is 13.4 Å². The molecule has 5 rings (SSSR count). The topological polar surface area (TPSA) is 85.4 Å². The molecule has 2 aromatic heterocycles. The Morgan fingerprint density at radius 2 is 2.10 bits per heavy atom. The highest BCUT2D eigenvalue weighted by atomic mass is 32.2. The standard InChI is InChI=1S/C20H24N2O4S3/c1-10-12-6-7-20(3)9-13-16(11(2)15(20)17(12)26-18(10)23)21-19(28-13)22-29(24,25)14-5-4-8-27-14/h4-5,8,10-12,15,17H,6-7,9H2,1-3H3,(H,21,22)/t10-,11-,12-,15+,17-,20+/m0/s1. The van der Waals surface area contributed by atoms with Gasteiger partial charge in [0.15, 0.2) is 5.13 Å². The number of carbonyl (C=O) groups excluding carboxylic acids is 1. The molecule has 3 heterocycles. The number of esters is 1. The van der Waals surface area contributed by atoms with Gasteiger partial charge in [0.05, 0.1) is 11.6 Å². The molecule has 0 amide bonds. The minimum atomic E-state index is -3.61. The van der Waals surface area contributed by atoms with Crippen molar-refractivity contribution in [2.45, 2.75) is 56.3 Å². The van der Waals surface area contributed by atoms with Gasteiger partial charge in [0.2, 0.25) is 0 Å². The summed E-state index contributed by atoms with van der Waals surface area (Å²) in [7, 11) is -3.61. The zero-order valence-electron chi connectivity index (χ0n) is 16.5. The third-order valence-electron chi connectivity index (χ3n) is 7.14. The van der Waals surface area contributed by atoms with Gasteiger partial charge < -0.3 is 4.74 Å². The van der Waals surface area contributed by atoms with Crippen LogP contribution in [0.1, 0.15) is 50.1 Å². The predicted molar refractivity (Wildman–Crippen MR) is 113 cm³/mol. The molecular weight excluding hydrogens is 428 g/mol. The SMILES string of the molecule is C[C@@H]1C(=O)O[C@H]2[C@H]1CC[C@]1(C)Cc3sc(NS(=O)(=O)c4cccs4)nc3[C@@H](C)[C@H]21. The van der Waals surface area contributed by atoms with Gasteiger partial charge in [-0.3, -0.25) is 9.52 Å². The van der Waals surface area contributed by atoms with Crippen LogP contribution in [0, 0.1) is 23.2 Å². The second-order valence-electron chi connectivity index (χ2n) is 8.90. The number of hydrogen-bond acceptors (Lipinski definition) is 7. The zero-order valence-corrected chi connectivity index (χ0v) is 19.0. The highest BCUT2D eigenvalue weighted by Gasteiger charge is 2.58. The average Bonchev–Trinajstić information content (AvgIpc) is 3.35. The number of ether oxygens (including phenoxy) is 1. The van der Waals surface area contributed by atoms with Gasteiger partial charge in [-0.15, -0.1) is 22.7 Å². The van der Waals surface area contributed by atoms with E-state index in [-0.39, 0.29) is 45.4 Å². The lowest BCUT2D eigenvalue weighted by molar-refractivity contribution is -0.149. The Labute approximate surface area is 178 Å². The molecule has 29 heavy (non-hydrogen) atoms. The maximum absolute atomic E-state index is 12.6. The van der Waals surface area contributed by atoms with Crippen LogP contribution in [0.25, 0.3) is 0 Å². The van der Waals surface area contributed by atoms with E-state index >= 15 is 0 Å². The first-order valence-electron chi connectivity index (χ1n) is 9.96. The van der Waals surface area contributed by atoms with Crippen molar-refractivity contribution in [1.82, 2.24) is 4.98 Å². The molecular formula is C20H24N2O4S3. The molecule has 0 radical (unpaired) electrons. The Morgan fingerprint density at radius 1 is 1.31 bits per heavy atom. The van der Waals surface area contributed by atoms with E-state index < -0.39 is 10.0 Å². The lowest BCUT2D eigenvalue weighted by Gasteiger charge is -2.51. The van der Waals surface area contributed by atoms with E-state index in [1.807, 2.05) is 6.92 Å². The molecule has 1 saturated heterocycles. The summed E-state index contributed by atoms with van der Waals surface area (Å²) in [6.07, 6.45) is 2.85. The smallest absolute Gasteiger partial charge is 0.309 e. The Morgan fingerprint density at radius 3 is 2.83 bits per heavy atom. The molecule has 0 aromatic carbocycles. The van der Waals surface area contributed by atoms with Crippen LogP contribution in [0.3, 0.4) is 0 Å². The average molecular weight is 453 g/mol. The third kappa shape index (κ3) is 2.96. The molecule has 3 aliphatic rings. The van der Waals surface area contributed by atoms with Gasteiger partial charge in [0.1, 0.15) is 10.3 Å². The van der Waals surface area contributed by atoms with Gasteiger partial charge in [0.25, 0.3) is 10.0 Å². The third-order valence-corrected chi connectivity index (χ3v) is 11.0. The number of thiazole rings is 1. The van der Waals surface area contributed by atoms with Crippen molar-refractivity contribution in [2.75, 3.05) is 4.72 Å². The predicted octanol–water partition coefficient (Wildman–Crippen LogP) is 4.26. The highest BCUT2D eigenvalue weighted by Crippen LogP contribution is 2.59. The van der Waals surface area contributed by atoms with E-state index in [1.165, 1.54) is 22.7 Å². The van der Waals surface area contributed by atoms with E-state index in [2.05, 4.69) is 18.6 Å². The second kappa shape index (κ2) is 6.52. The fraction of sp³-hybridized carbons (Fsp3) is 0.600. The molecule has 0 bridgehead atoms. The molecule has 9 heteroatoms. The Bertz CT molecular complexity index is 1060. The van der Waals surface area contributed by atoms with Crippen LogP contribution in [0.2, 0.25) is 0 Å². The summed E-state index contributed by atoms with van der Waals surface area (Å²) in [5, 5.41) is 2.17. The maximum Gasteiger partial charge on any atom is 0.309 e. The quantitative estimate of drug-likeness (QED) is 0.704. The minimum absolute atomic E-state index is 0.0361. The Kier molecular flexibility index (Phi) is 4.39. The Hall–Kier alpha value is -1.45. The van der Waals surface area contributed by atoms with Crippen LogP contribution in [0.5, 0.6) is 0 Å². The van der Waals surface area contributed by atoms with Crippen LogP contribution in [-0.4, -0.2) is 25.5 Å². The van der Waals surface area contributed by atoms with E-state index in [1.54, 1.807) is 17.5 Å². The molecule has 2 aromatic rings. The number of aromatic nitrogens is 1. The van der Waals surface area contributed by atoms with Gasteiger partial charge in [-0.1, -0.05) is 26.8 Å². The molecule has 6 atom stereocenters. The number of sulfonamides is 1. The van der Waals surface area contributed by atoms with Gasteiger partial charge in [-0.05, 0) is 36.1 Å². The molecule has 1 saturated carbocycles. The van der Waals surface area contributed by atoms with Crippen molar-refractivity contribution in [1.29, 1.82) is 0 Å². The summed E-state index contributed by atoms with van der Waals surface area (Å²) < 4.78 is 34.0. The number of nitrogens with one attached hydrogen (secondary N) is 1. The number of thiophene rings is 1. The summed E-state index contributed by atoms with van der Waals surface area (Å²) in [5.74, 6) is 0.490. The zero-order chi connectivity index (χ0) is 20.6. The van der Waals surface area contributed by atoms with Crippen molar-refractivity contribution in [3.05, 3.63) is 28.1 Å². The summed E-state index contributed by atoms with van der Waals surface area (Å²) in [6, 6.07) is 3.31.